The van der Waals surface area contributed by atoms with E-state index < -0.39 is 6.04 Å². The summed E-state index contributed by atoms with van der Waals surface area (Å²) >= 11 is 0. The van der Waals surface area contributed by atoms with Crippen LogP contribution in [0.1, 0.15) is 37.4 Å². The molecule has 1 aromatic heterocycles. The van der Waals surface area contributed by atoms with E-state index >= 15 is 0 Å². The maximum absolute atomic E-state index is 13.2. The largest absolute Gasteiger partial charge is 0.495 e. The minimum Gasteiger partial charge on any atom is -0.495 e. The van der Waals surface area contributed by atoms with Gasteiger partial charge in [0.15, 0.2) is 0 Å². The van der Waals surface area contributed by atoms with E-state index in [4.69, 9.17) is 4.74 Å². The summed E-state index contributed by atoms with van der Waals surface area (Å²) in [5.74, 6) is 0.375. The molecular weight excluding hydrogens is 352 g/mol. The number of rotatable bonds is 6. The van der Waals surface area contributed by atoms with Crippen LogP contribution in [0.4, 0.5) is 5.69 Å². The molecule has 0 radical (unpaired) electrons. The van der Waals surface area contributed by atoms with Crippen LogP contribution in [0, 0.1) is 6.92 Å². The Morgan fingerprint density at radius 1 is 1.14 bits per heavy atom. The molecule has 0 fully saturated rings. The van der Waals surface area contributed by atoms with Gasteiger partial charge in [0.25, 0.3) is 5.56 Å². The Hall–Kier alpha value is -3.08. The topological polar surface area (TPSA) is 60.3 Å². The second-order valence-electron chi connectivity index (χ2n) is 6.82. The normalized spacial score (nSPS) is 12.0. The molecule has 0 aliphatic heterocycles. The van der Waals surface area contributed by atoms with Gasteiger partial charge in [0.1, 0.15) is 11.8 Å². The molecule has 2 aromatic carbocycles. The molecular formula is C23H26N2O3. The van der Waals surface area contributed by atoms with E-state index in [0.717, 1.165) is 28.6 Å². The highest BCUT2D eigenvalue weighted by Gasteiger charge is 2.24. The fourth-order valence-electron chi connectivity index (χ4n) is 3.66. The van der Waals surface area contributed by atoms with Gasteiger partial charge >= 0.3 is 0 Å². The van der Waals surface area contributed by atoms with Crippen molar-refractivity contribution in [3.63, 3.8) is 0 Å². The number of aryl methyl sites for hydroxylation is 2. The lowest BCUT2D eigenvalue weighted by atomic mass is 10.1. The summed E-state index contributed by atoms with van der Waals surface area (Å²) < 4.78 is 7.08. The Kier molecular flexibility index (Phi) is 5.83. The number of carbonyl (C=O) groups is 1. The van der Waals surface area contributed by atoms with E-state index in [1.54, 1.807) is 17.7 Å². The van der Waals surface area contributed by atoms with E-state index in [9.17, 15) is 9.59 Å². The third-order valence-electron chi connectivity index (χ3n) is 5.12. The summed E-state index contributed by atoms with van der Waals surface area (Å²) in [4.78, 5) is 26.1. The Morgan fingerprint density at radius 3 is 2.57 bits per heavy atom. The van der Waals surface area contributed by atoms with Crippen LogP contribution in [-0.2, 0) is 11.2 Å². The summed E-state index contributed by atoms with van der Waals surface area (Å²) in [6.07, 6.45) is 1.30. The molecule has 0 saturated heterocycles. The van der Waals surface area contributed by atoms with E-state index in [2.05, 4.69) is 5.32 Å². The number of anilines is 1. The standard InChI is InChI=1S/C23H26N2O3/c1-5-16-10-7-8-12-18(16)24-23(27)19(6-2)25-21(26)14-15(3)17-11-9-13-20(28-4)22(17)25/h7-14,19H,5-6H2,1-4H3,(H,24,27). The summed E-state index contributed by atoms with van der Waals surface area (Å²) in [7, 11) is 1.57. The van der Waals surface area contributed by atoms with Gasteiger partial charge < -0.3 is 10.1 Å². The minimum absolute atomic E-state index is 0.207. The number of ether oxygens (including phenoxy) is 1. The van der Waals surface area contributed by atoms with Crippen molar-refractivity contribution in [1.29, 1.82) is 0 Å². The molecule has 28 heavy (non-hydrogen) atoms. The molecule has 3 rings (SSSR count). The van der Waals surface area contributed by atoms with Crippen molar-refractivity contribution in [2.75, 3.05) is 12.4 Å². The molecule has 0 aliphatic carbocycles. The van der Waals surface area contributed by atoms with Gasteiger partial charge in [-0.2, -0.15) is 0 Å². The number of hydrogen-bond acceptors (Lipinski definition) is 3. The molecule has 5 heteroatoms. The first-order chi connectivity index (χ1) is 13.5. The molecule has 1 amide bonds. The molecule has 1 N–H and O–H groups in total. The van der Waals surface area contributed by atoms with Crippen LogP contribution in [-0.4, -0.2) is 17.6 Å². The highest BCUT2D eigenvalue weighted by molar-refractivity contribution is 5.96. The molecule has 0 saturated carbocycles. The van der Waals surface area contributed by atoms with E-state index in [0.29, 0.717) is 17.7 Å². The number of benzene rings is 2. The van der Waals surface area contributed by atoms with Gasteiger partial charge in [0.05, 0.1) is 12.6 Å². The first kappa shape index (κ1) is 19.7. The third-order valence-corrected chi connectivity index (χ3v) is 5.12. The van der Waals surface area contributed by atoms with Crippen LogP contribution in [0.2, 0.25) is 0 Å². The van der Waals surface area contributed by atoms with Gasteiger partial charge in [0.2, 0.25) is 5.91 Å². The third kappa shape index (κ3) is 3.52. The average Bonchev–Trinajstić information content (AvgIpc) is 2.70. The van der Waals surface area contributed by atoms with Crippen LogP contribution in [0.25, 0.3) is 10.9 Å². The average molecular weight is 378 g/mol. The first-order valence-electron chi connectivity index (χ1n) is 9.59. The van der Waals surface area contributed by atoms with Gasteiger partial charge in [-0.05, 0) is 43.0 Å². The molecule has 1 atom stereocenters. The predicted molar refractivity (Wildman–Crippen MR) is 113 cm³/mol. The highest BCUT2D eigenvalue weighted by atomic mass is 16.5. The molecule has 1 heterocycles. The molecule has 5 nitrogen and oxygen atoms in total. The van der Waals surface area contributed by atoms with Crippen LogP contribution in [0.5, 0.6) is 5.75 Å². The fourth-order valence-corrected chi connectivity index (χ4v) is 3.66. The van der Waals surface area contributed by atoms with Crippen molar-refractivity contribution in [3.05, 3.63) is 70.0 Å². The van der Waals surface area contributed by atoms with Crippen LogP contribution in [0.15, 0.2) is 53.3 Å². The molecule has 0 spiro atoms. The second kappa shape index (κ2) is 8.30. The molecule has 0 bridgehead atoms. The molecule has 3 aromatic rings. The molecule has 0 aliphatic rings. The number of hydrogen-bond donors (Lipinski definition) is 1. The SMILES string of the molecule is CCc1ccccc1NC(=O)C(CC)n1c(=O)cc(C)c2cccc(OC)c21. The first-order valence-corrected chi connectivity index (χ1v) is 9.59. The van der Waals surface area contributed by atoms with Crippen molar-refractivity contribution in [3.8, 4) is 5.75 Å². The van der Waals surface area contributed by atoms with Crippen molar-refractivity contribution in [2.24, 2.45) is 0 Å². The number of nitrogens with one attached hydrogen (secondary N) is 1. The lowest BCUT2D eigenvalue weighted by Crippen LogP contribution is -2.33. The number of carbonyl (C=O) groups excluding carboxylic acids is 1. The van der Waals surface area contributed by atoms with Crippen LogP contribution < -0.4 is 15.6 Å². The maximum atomic E-state index is 13.2. The fraction of sp³-hybridized carbons (Fsp3) is 0.304. The van der Waals surface area contributed by atoms with E-state index in [1.165, 1.54) is 0 Å². The Labute approximate surface area is 165 Å². The Morgan fingerprint density at radius 2 is 1.89 bits per heavy atom. The quantitative estimate of drug-likeness (QED) is 0.688. The number of pyridine rings is 1. The lowest BCUT2D eigenvalue weighted by molar-refractivity contribution is -0.119. The van der Waals surface area contributed by atoms with Gasteiger partial charge in [0, 0.05) is 17.1 Å². The summed E-state index contributed by atoms with van der Waals surface area (Å²) in [5.41, 5.74) is 3.15. The maximum Gasteiger partial charge on any atom is 0.252 e. The lowest BCUT2D eigenvalue weighted by Gasteiger charge is -2.22. The van der Waals surface area contributed by atoms with Crippen molar-refractivity contribution < 1.29 is 9.53 Å². The highest BCUT2D eigenvalue weighted by Crippen LogP contribution is 2.30. The van der Waals surface area contributed by atoms with Crippen LogP contribution >= 0.6 is 0 Å². The smallest absolute Gasteiger partial charge is 0.252 e. The van der Waals surface area contributed by atoms with Gasteiger partial charge in [-0.15, -0.1) is 0 Å². The zero-order chi connectivity index (χ0) is 20.3. The number of amides is 1. The van der Waals surface area contributed by atoms with Gasteiger partial charge in [-0.1, -0.05) is 44.2 Å². The number of para-hydroxylation sites is 2. The number of fused-ring (bicyclic) bond motifs is 1. The summed E-state index contributed by atoms with van der Waals surface area (Å²) in [5, 5.41) is 3.92. The molecule has 1 unspecified atom stereocenters. The van der Waals surface area contributed by atoms with Crippen molar-refractivity contribution in [1.82, 2.24) is 4.57 Å². The Bertz CT molecular complexity index is 1070. The van der Waals surface area contributed by atoms with Crippen molar-refractivity contribution in [2.45, 2.75) is 39.7 Å². The number of nitrogens with zero attached hydrogens (tertiary/aromatic N) is 1. The predicted octanol–water partition coefficient (Wildman–Crippen LogP) is 4.47. The number of methoxy groups -OCH3 is 1. The summed E-state index contributed by atoms with van der Waals surface area (Å²) in [6, 6.07) is 14.3. The van der Waals surface area contributed by atoms with Gasteiger partial charge in [-0.3, -0.25) is 14.2 Å². The zero-order valence-corrected chi connectivity index (χ0v) is 16.8. The minimum atomic E-state index is -0.642. The van der Waals surface area contributed by atoms with E-state index in [-0.39, 0.29) is 11.5 Å². The summed E-state index contributed by atoms with van der Waals surface area (Å²) in [6.45, 7) is 5.85. The van der Waals surface area contributed by atoms with Gasteiger partial charge in [-0.25, -0.2) is 0 Å². The Balaban J connectivity index is 2.14. The van der Waals surface area contributed by atoms with E-state index in [1.807, 2.05) is 63.2 Å². The second-order valence-corrected chi connectivity index (χ2v) is 6.82. The zero-order valence-electron chi connectivity index (χ0n) is 16.8. The van der Waals surface area contributed by atoms with Crippen molar-refractivity contribution >= 4 is 22.5 Å². The monoisotopic (exact) mass is 378 g/mol. The number of aromatic nitrogens is 1. The van der Waals surface area contributed by atoms with Crippen LogP contribution in [0.3, 0.4) is 0 Å². The molecule has 146 valence electrons.